The van der Waals surface area contributed by atoms with Gasteiger partial charge in [0.25, 0.3) is 0 Å². The molecule has 1 aromatic carbocycles. The number of pyridine rings is 1. The summed E-state index contributed by atoms with van der Waals surface area (Å²) in [5.74, 6) is 0. The van der Waals surface area contributed by atoms with Crippen molar-refractivity contribution in [1.29, 1.82) is 0 Å². The molecule has 1 aromatic heterocycles. The summed E-state index contributed by atoms with van der Waals surface area (Å²) in [5.41, 5.74) is 3.33. The van der Waals surface area contributed by atoms with E-state index in [9.17, 15) is 0 Å². The van der Waals surface area contributed by atoms with Gasteiger partial charge in [-0.3, -0.25) is 4.98 Å². The monoisotopic (exact) mass is 246 g/mol. The van der Waals surface area contributed by atoms with E-state index >= 15 is 0 Å². The van der Waals surface area contributed by atoms with Crippen LogP contribution in [0.25, 0.3) is 17.0 Å². The Bertz CT molecular complexity index is 561. The maximum atomic E-state index is 6.15. The molecule has 1 N–H and O–H groups in total. The first-order valence-electron chi connectivity index (χ1n) is 5.57. The van der Waals surface area contributed by atoms with Crippen molar-refractivity contribution in [1.82, 2.24) is 10.3 Å². The number of hydrogen-bond acceptors (Lipinski definition) is 2. The van der Waals surface area contributed by atoms with Gasteiger partial charge in [0.2, 0.25) is 0 Å². The smallest absolute Gasteiger partial charge is 0.0789 e. The van der Waals surface area contributed by atoms with E-state index < -0.39 is 0 Å². The topological polar surface area (TPSA) is 24.9 Å². The van der Waals surface area contributed by atoms with E-state index in [4.69, 9.17) is 11.6 Å². The Balaban J connectivity index is 2.55. The van der Waals surface area contributed by atoms with Gasteiger partial charge >= 0.3 is 0 Å². The SMILES string of the molecule is CNC/C(C)=C/c1ccc(Cl)c2cccnc12. The van der Waals surface area contributed by atoms with Crippen molar-refractivity contribution in [3.05, 3.63) is 46.6 Å². The van der Waals surface area contributed by atoms with Crippen molar-refractivity contribution in [3.8, 4) is 0 Å². The van der Waals surface area contributed by atoms with Crippen LogP contribution < -0.4 is 5.32 Å². The van der Waals surface area contributed by atoms with E-state index in [-0.39, 0.29) is 0 Å². The van der Waals surface area contributed by atoms with Crippen molar-refractivity contribution in [2.75, 3.05) is 13.6 Å². The average molecular weight is 247 g/mol. The molecule has 0 fully saturated rings. The van der Waals surface area contributed by atoms with Gasteiger partial charge in [-0.2, -0.15) is 0 Å². The predicted octanol–water partition coefficient (Wildman–Crippen LogP) is 3.51. The fourth-order valence-corrected chi connectivity index (χ4v) is 2.09. The predicted molar refractivity (Wildman–Crippen MR) is 74.3 cm³/mol. The minimum atomic E-state index is 0.747. The summed E-state index contributed by atoms with van der Waals surface area (Å²) in [7, 11) is 1.94. The molecule has 0 spiro atoms. The quantitative estimate of drug-likeness (QED) is 0.897. The van der Waals surface area contributed by atoms with Gasteiger partial charge in [0.1, 0.15) is 0 Å². The van der Waals surface area contributed by atoms with Crippen LogP contribution in [0, 0.1) is 0 Å². The van der Waals surface area contributed by atoms with Gasteiger partial charge in [-0.1, -0.05) is 29.3 Å². The largest absolute Gasteiger partial charge is 0.316 e. The Morgan fingerprint density at radius 2 is 2.24 bits per heavy atom. The molecular formula is C14H15ClN2. The number of fused-ring (bicyclic) bond motifs is 1. The maximum absolute atomic E-state index is 6.15. The summed E-state index contributed by atoms with van der Waals surface area (Å²) in [5, 5.41) is 4.88. The normalized spacial score (nSPS) is 12.1. The number of benzene rings is 1. The van der Waals surface area contributed by atoms with Crippen molar-refractivity contribution in [2.24, 2.45) is 0 Å². The first-order chi connectivity index (χ1) is 8.22. The lowest BCUT2D eigenvalue weighted by molar-refractivity contribution is 0.885. The molecule has 2 nitrogen and oxygen atoms in total. The van der Waals surface area contributed by atoms with Gasteiger partial charge in [-0.25, -0.2) is 0 Å². The molecule has 0 bridgehead atoms. The average Bonchev–Trinajstić information content (AvgIpc) is 2.34. The van der Waals surface area contributed by atoms with Crippen molar-refractivity contribution >= 4 is 28.6 Å². The number of halogens is 1. The zero-order valence-corrected chi connectivity index (χ0v) is 10.8. The van der Waals surface area contributed by atoms with E-state index in [0.717, 1.165) is 28.0 Å². The molecule has 0 radical (unpaired) electrons. The Labute approximate surface area is 106 Å². The van der Waals surface area contributed by atoms with Gasteiger partial charge in [0.05, 0.1) is 10.5 Å². The third-order valence-corrected chi connectivity index (χ3v) is 2.93. The second-order valence-corrected chi connectivity index (χ2v) is 4.46. The third kappa shape index (κ3) is 2.65. The van der Waals surface area contributed by atoms with Crippen LogP contribution in [0.15, 0.2) is 36.0 Å². The Hall–Kier alpha value is -1.38. The standard InChI is InChI=1S/C14H15ClN2/c1-10(9-16-2)8-11-5-6-13(15)12-4-3-7-17-14(11)12/h3-8,16H,9H2,1-2H3/b10-8+. The van der Waals surface area contributed by atoms with Crippen LogP contribution in [0.1, 0.15) is 12.5 Å². The number of likely N-dealkylation sites (N-methyl/N-ethyl adjacent to an activating group) is 1. The molecule has 0 unspecified atom stereocenters. The summed E-state index contributed by atoms with van der Waals surface area (Å²) in [6.07, 6.45) is 3.94. The molecule has 0 amide bonds. The van der Waals surface area contributed by atoms with Crippen LogP contribution in [-0.4, -0.2) is 18.6 Å². The van der Waals surface area contributed by atoms with E-state index in [0.29, 0.717) is 0 Å². The number of nitrogens with zero attached hydrogens (tertiary/aromatic N) is 1. The molecule has 2 aromatic rings. The second kappa shape index (κ2) is 5.30. The van der Waals surface area contributed by atoms with Crippen LogP contribution in [0.5, 0.6) is 0 Å². The van der Waals surface area contributed by atoms with Crippen LogP contribution in [0.3, 0.4) is 0 Å². The van der Waals surface area contributed by atoms with Crippen LogP contribution in [-0.2, 0) is 0 Å². The van der Waals surface area contributed by atoms with Crippen LogP contribution in [0.2, 0.25) is 5.02 Å². The minimum Gasteiger partial charge on any atom is -0.316 e. The third-order valence-electron chi connectivity index (χ3n) is 2.61. The van der Waals surface area contributed by atoms with Gasteiger partial charge in [0.15, 0.2) is 0 Å². The summed E-state index contributed by atoms with van der Waals surface area (Å²) in [6.45, 7) is 2.97. The number of hydrogen-bond donors (Lipinski definition) is 1. The van der Waals surface area contributed by atoms with E-state index in [1.54, 1.807) is 6.20 Å². The highest BCUT2D eigenvalue weighted by atomic mass is 35.5. The molecule has 0 saturated carbocycles. The maximum Gasteiger partial charge on any atom is 0.0789 e. The molecule has 3 heteroatoms. The van der Waals surface area contributed by atoms with Gasteiger partial charge in [0, 0.05) is 23.7 Å². The van der Waals surface area contributed by atoms with E-state index in [1.165, 1.54) is 5.57 Å². The molecule has 0 aliphatic heterocycles. The molecule has 88 valence electrons. The molecule has 0 aliphatic rings. The molecular weight excluding hydrogens is 232 g/mol. The number of aromatic nitrogens is 1. The molecule has 0 saturated heterocycles. The molecule has 0 atom stereocenters. The van der Waals surface area contributed by atoms with Gasteiger partial charge in [-0.15, -0.1) is 0 Å². The first-order valence-corrected chi connectivity index (χ1v) is 5.95. The highest BCUT2D eigenvalue weighted by Crippen LogP contribution is 2.25. The van der Waals surface area contributed by atoms with Crippen LogP contribution >= 0.6 is 11.6 Å². The highest BCUT2D eigenvalue weighted by molar-refractivity contribution is 6.35. The number of rotatable bonds is 3. The molecule has 0 aliphatic carbocycles. The summed E-state index contributed by atoms with van der Waals surface area (Å²) >= 11 is 6.15. The summed E-state index contributed by atoms with van der Waals surface area (Å²) in [6, 6.07) is 7.83. The lowest BCUT2D eigenvalue weighted by atomic mass is 10.1. The Morgan fingerprint density at radius 3 is 3.00 bits per heavy atom. The fraction of sp³-hybridized carbons (Fsp3) is 0.214. The van der Waals surface area contributed by atoms with E-state index in [2.05, 4.69) is 23.3 Å². The van der Waals surface area contributed by atoms with Crippen molar-refractivity contribution in [2.45, 2.75) is 6.92 Å². The molecule has 17 heavy (non-hydrogen) atoms. The van der Waals surface area contributed by atoms with E-state index in [1.807, 2.05) is 31.3 Å². The molecule has 2 rings (SSSR count). The summed E-state index contributed by atoms with van der Waals surface area (Å²) < 4.78 is 0. The Morgan fingerprint density at radius 1 is 1.41 bits per heavy atom. The molecule has 1 heterocycles. The zero-order valence-electron chi connectivity index (χ0n) is 10.00. The second-order valence-electron chi connectivity index (χ2n) is 4.06. The zero-order chi connectivity index (χ0) is 12.3. The first kappa shape index (κ1) is 12.1. The van der Waals surface area contributed by atoms with Crippen molar-refractivity contribution < 1.29 is 0 Å². The lowest BCUT2D eigenvalue weighted by Crippen LogP contribution is -2.08. The summed E-state index contributed by atoms with van der Waals surface area (Å²) in [4.78, 5) is 4.41. The van der Waals surface area contributed by atoms with Gasteiger partial charge < -0.3 is 5.32 Å². The fourth-order valence-electron chi connectivity index (χ4n) is 1.87. The highest BCUT2D eigenvalue weighted by Gasteiger charge is 2.03. The Kier molecular flexibility index (Phi) is 3.77. The van der Waals surface area contributed by atoms with Gasteiger partial charge in [-0.05, 0) is 32.2 Å². The minimum absolute atomic E-state index is 0.747. The van der Waals surface area contributed by atoms with Crippen molar-refractivity contribution in [3.63, 3.8) is 0 Å². The number of nitrogens with one attached hydrogen (secondary N) is 1. The lowest BCUT2D eigenvalue weighted by Gasteiger charge is -2.05. The van der Waals surface area contributed by atoms with Crippen LogP contribution in [0.4, 0.5) is 0 Å².